The van der Waals surface area contributed by atoms with E-state index in [0.717, 1.165) is 16.7 Å². The molecule has 0 heterocycles. The Hall–Kier alpha value is -4.53. The van der Waals surface area contributed by atoms with Crippen LogP contribution in [0.15, 0.2) is 140 Å². The van der Waals surface area contributed by atoms with E-state index in [4.69, 9.17) is 4.74 Å². The molecule has 0 aliphatic heterocycles. The van der Waals surface area contributed by atoms with Crippen LogP contribution in [-0.4, -0.2) is 17.9 Å². The van der Waals surface area contributed by atoms with Crippen LogP contribution >= 0.6 is 7.26 Å². The predicted molar refractivity (Wildman–Crippen MR) is 180 cm³/mol. The SMILES string of the molecule is CC(C)C(=O)NC(C)C(=O)OCc1ccc(-c2ccc([PH](c3ccccc3)(c3ccccc3)c3ccccc3)cc2)cc1. The van der Waals surface area contributed by atoms with E-state index in [1.807, 2.05) is 12.1 Å². The topological polar surface area (TPSA) is 55.4 Å². The number of esters is 1. The zero-order valence-corrected chi connectivity index (χ0v) is 25.9. The van der Waals surface area contributed by atoms with Crippen LogP contribution in [0.3, 0.4) is 0 Å². The molecule has 0 bridgehead atoms. The van der Waals surface area contributed by atoms with Crippen molar-refractivity contribution in [1.29, 1.82) is 0 Å². The maximum absolute atomic E-state index is 12.3. The number of hydrogen-bond acceptors (Lipinski definition) is 3. The molecule has 218 valence electrons. The first kappa shape index (κ1) is 29.9. The number of nitrogens with one attached hydrogen (secondary N) is 1. The van der Waals surface area contributed by atoms with Crippen molar-refractivity contribution in [2.75, 3.05) is 0 Å². The molecule has 5 aromatic carbocycles. The Morgan fingerprint density at radius 3 is 1.40 bits per heavy atom. The van der Waals surface area contributed by atoms with Crippen molar-refractivity contribution >= 4 is 40.4 Å². The Kier molecular flexibility index (Phi) is 9.49. The molecule has 43 heavy (non-hydrogen) atoms. The van der Waals surface area contributed by atoms with Gasteiger partial charge in [0, 0.05) is 5.92 Å². The molecule has 0 aliphatic rings. The third kappa shape index (κ3) is 6.61. The van der Waals surface area contributed by atoms with Crippen molar-refractivity contribution in [3.05, 3.63) is 145 Å². The standard InChI is InChI=1S/C38H38NO3P/c1-28(2)37(40)39-29(3)38(41)42-27-30-19-21-31(22-20-30)32-23-25-36(26-24-32)43(33-13-7-4-8-14-33,34-15-9-5-10-16-34)35-17-11-6-12-18-35/h4-26,28-29,43H,27H2,1-3H3,(H,39,40). The average molecular weight is 588 g/mol. The number of benzene rings is 5. The van der Waals surface area contributed by atoms with Gasteiger partial charge >= 0.3 is 213 Å². The van der Waals surface area contributed by atoms with Crippen molar-refractivity contribution < 1.29 is 14.3 Å². The summed E-state index contributed by atoms with van der Waals surface area (Å²) >= 11 is 0. The summed E-state index contributed by atoms with van der Waals surface area (Å²) in [6, 6.07) is 49.0. The summed E-state index contributed by atoms with van der Waals surface area (Å²) in [5.74, 6) is -0.807. The summed E-state index contributed by atoms with van der Waals surface area (Å²) in [6.45, 7) is 5.37. The van der Waals surface area contributed by atoms with Gasteiger partial charge in [-0.15, -0.1) is 0 Å². The average Bonchev–Trinajstić information content (AvgIpc) is 3.06. The van der Waals surface area contributed by atoms with E-state index in [1.54, 1.807) is 20.8 Å². The second kappa shape index (κ2) is 13.6. The number of rotatable bonds is 10. The van der Waals surface area contributed by atoms with Crippen molar-refractivity contribution in [1.82, 2.24) is 5.32 Å². The zero-order chi connectivity index (χ0) is 30.2. The molecule has 5 aromatic rings. The molecule has 0 fully saturated rings. The molecule has 1 unspecified atom stereocenters. The monoisotopic (exact) mass is 587 g/mol. The number of carbonyl (C=O) groups excluding carboxylic acids is 2. The van der Waals surface area contributed by atoms with Gasteiger partial charge in [-0.25, -0.2) is 0 Å². The van der Waals surface area contributed by atoms with Gasteiger partial charge in [-0.05, 0) is 6.92 Å². The van der Waals surface area contributed by atoms with E-state index in [1.165, 1.54) is 21.2 Å². The normalized spacial score (nSPS) is 12.4. The molecule has 1 amide bonds. The van der Waals surface area contributed by atoms with Crippen LogP contribution in [-0.2, 0) is 20.9 Å². The Labute approximate surface area is 255 Å². The second-order valence-electron chi connectivity index (χ2n) is 11.1. The van der Waals surface area contributed by atoms with Crippen molar-refractivity contribution in [3.8, 4) is 11.1 Å². The van der Waals surface area contributed by atoms with Gasteiger partial charge in [-0.1, -0.05) is 13.8 Å². The van der Waals surface area contributed by atoms with Crippen LogP contribution < -0.4 is 26.5 Å². The number of ether oxygens (including phenoxy) is 1. The van der Waals surface area contributed by atoms with Gasteiger partial charge in [0.25, 0.3) is 0 Å². The fraction of sp³-hybridized carbons (Fsp3) is 0.158. The second-order valence-corrected chi connectivity index (χ2v) is 14.9. The molecule has 4 nitrogen and oxygen atoms in total. The minimum atomic E-state index is -2.56. The summed E-state index contributed by atoms with van der Waals surface area (Å²) < 4.78 is 5.45. The van der Waals surface area contributed by atoms with Crippen molar-refractivity contribution in [2.24, 2.45) is 5.92 Å². The first-order valence-corrected chi connectivity index (χ1v) is 16.7. The fourth-order valence-corrected chi connectivity index (χ4v) is 10.2. The molecule has 0 saturated carbocycles. The number of carbonyl (C=O) groups is 2. The predicted octanol–water partition coefficient (Wildman–Crippen LogP) is 5.91. The molecular weight excluding hydrogens is 549 g/mol. The Balaban J connectivity index is 1.41. The zero-order valence-electron chi connectivity index (χ0n) is 24.9. The molecule has 5 rings (SSSR count). The van der Waals surface area contributed by atoms with Crippen molar-refractivity contribution in [3.63, 3.8) is 0 Å². The van der Waals surface area contributed by atoms with Crippen LogP contribution in [0.4, 0.5) is 0 Å². The van der Waals surface area contributed by atoms with Crippen LogP contribution in [0.5, 0.6) is 0 Å². The third-order valence-electron chi connectivity index (χ3n) is 7.84. The van der Waals surface area contributed by atoms with Crippen molar-refractivity contribution in [2.45, 2.75) is 33.4 Å². The van der Waals surface area contributed by atoms with Gasteiger partial charge in [-0.2, -0.15) is 0 Å². The van der Waals surface area contributed by atoms with E-state index in [9.17, 15) is 9.59 Å². The first-order valence-electron chi connectivity index (χ1n) is 14.7. The van der Waals surface area contributed by atoms with Gasteiger partial charge < -0.3 is 5.32 Å². The summed E-state index contributed by atoms with van der Waals surface area (Å²) in [4.78, 5) is 24.2. The molecule has 0 aromatic heterocycles. The van der Waals surface area contributed by atoms with Gasteiger partial charge in [0.15, 0.2) is 0 Å². The third-order valence-corrected chi connectivity index (χ3v) is 12.6. The summed E-state index contributed by atoms with van der Waals surface area (Å²) in [6.07, 6.45) is 0. The van der Waals surface area contributed by atoms with Gasteiger partial charge in [0.05, 0.1) is 0 Å². The molecule has 0 aliphatic carbocycles. The number of hydrogen-bond donors (Lipinski definition) is 1. The van der Waals surface area contributed by atoms with Gasteiger partial charge in [0.2, 0.25) is 5.91 Å². The molecule has 0 radical (unpaired) electrons. The maximum atomic E-state index is 12.3. The molecule has 0 spiro atoms. The molecule has 1 atom stereocenters. The summed E-state index contributed by atoms with van der Waals surface area (Å²) in [5.41, 5.74) is 3.10. The van der Waals surface area contributed by atoms with Gasteiger partial charge in [0.1, 0.15) is 0 Å². The Morgan fingerprint density at radius 1 is 0.581 bits per heavy atom. The fourth-order valence-electron chi connectivity index (χ4n) is 5.49. The minimum absolute atomic E-state index is 0.152. The number of amides is 1. The first-order chi connectivity index (χ1) is 20.9. The van der Waals surface area contributed by atoms with E-state index in [-0.39, 0.29) is 18.4 Å². The summed E-state index contributed by atoms with van der Waals surface area (Å²) in [5, 5.41) is 8.04. The van der Waals surface area contributed by atoms with E-state index in [0.29, 0.717) is 0 Å². The van der Waals surface area contributed by atoms with Crippen LogP contribution in [0.2, 0.25) is 0 Å². The quantitative estimate of drug-likeness (QED) is 0.163. The molecule has 5 heteroatoms. The Morgan fingerprint density at radius 2 is 0.977 bits per heavy atom. The van der Waals surface area contributed by atoms with Crippen LogP contribution in [0.25, 0.3) is 11.1 Å². The van der Waals surface area contributed by atoms with Crippen LogP contribution in [0.1, 0.15) is 26.3 Å². The summed E-state index contributed by atoms with van der Waals surface area (Å²) in [7, 11) is -2.56. The van der Waals surface area contributed by atoms with E-state index >= 15 is 0 Å². The van der Waals surface area contributed by atoms with Crippen LogP contribution in [0, 0.1) is 5.92 Å². The molecular formula is C38H38NO3P. The van der Waals surface area contributed by atoms with E-state index < -0.39 is 19.3 Å². The molecule has 1 N–H and O–H groups in total. The Bertz CT molecular complexity index is 1540. The molecule has 0 saturated heterocycles. The van der Waals surface area contributed by atoms with E-state index in [2.05, 4.69) is 133 Å². The van der Waals surface area contributed by atoms with Gasteiger partial charge in [-0.3, -0.25) is 4.79 Å².